The Morgan fingerprint density at radius 3 is 2.25 bits per heavy atom. The van der Waals surface area contributed by atoms with Crippen molar-refractivity contribution in [1.82, 2.24) is 0 Å². The number of rotatable bonds is 6. The second-order valence-corrected chi connectivity index (χ2v) is 5.31. The molecule has 1 unspecified atom stereocenters. The summed E-state index contributed by atoms with van der Waals surface area (Å²) in [5.41, 5.74) is 10.1. The first-order valence-electron chi connectivity index (χ1n) is 7.31. The molecule has 0 aliphatic heterocycles. The fraction of sp³-hybridized carbons (Fsp3) is 0.333. The molecule has 0 saturated carbocycles. The summed E-state index contributed by atoms with van der Waals surface area (Å²) in [6.07, 6.45) is 2.32. The third kappa shape index (κ3) is 3.84. The van der Waals surface area contributed by atoms with Crippen LogP contribution in [0.2, 0.25) is 0 Å². The number of likely N-dealkylation sites (N-methyl/N-ethyl adjacent to an activating group) is 1. The van der Waals surface area contributed by atoms with Crippen LogP contribution in [0.4, 0.5) is 5.69 Å². The molecule has 2 aromatic carbocycles. The van der Waals surface area contributed by atoms with Crippen molar-refractivity contribution in [3.8, 4) is 0 Å². The van der Waals surface area contributed by atoms with Crippen LogP contribution in [0.1, 0.15) is 30.5 Å². The number of benzene rings is 2. The molecule has 0 saturated heterocycles. The predicted molar refractivity (Wildman–Crippen MR) is 87.1 cm³/mol. The molecule has 2 aromatic rings. The van der Waals surface area contributed by atoms with Gasteiger partial charge in [-0.25, -0.2) is 0 Å². The van der Waals surface area contributed by atoms with Gasteiger partial charge in [0.25, 0.3) is 0 Å². The lowest BCUT2D eigenvalue weighted by atomic mass is 10.0. The highest BCUT2D eigenvalue weighted by molar-refractivity contribution is 5.45. The van der Waals surface area contributed by atoms with Crippen LogP contribution >= 0.6 is 0 Å². The van der Waals surface area contributed by atoms with Crippen LogP contribution in [0.25, 0.3) is 0 Å². The Kier molecular flexibility index (Phi) is 5.19. The Morgan fingerprint density at radius 2 is 1.65 bits per heavy atom. The summed E-state index contributed by atoms with van der Waals surface area (Å²) in [7, 11) is 2.08. The lowest BCUT2D eigenvalue weighted by Crippen LogP contribution is -2.28. The SMILES string of the molecule is CCCc1ccc(C(N)CN(C)c2ccccc2)cc1. The van der Waals surface area contributed by atoms with Crippen LogP contribution in [-0.4, -0.2) is 13.6 Å². The molecule has 0 aromatic heterocycles. The zero-order valence-corrected chi connectivity index (χ0v) is 12.4. The Labute approximate surface area is 122 Å². The van der Waals surface area contributed by atoms with Crippen molar-refractivity contribution in [2.75, 3.05) is 18.5 Å². The minimum absolute atomic E-state index is 0.0379. The van der Waals surface area contributed by atoms with Gasteiger partial charge in [0.2, 0.25) is 0 Å². The smallest absolute Gasteiger partial charge is 0.0473 e. The van der Waals surface area contributed by atoms with Crippen molar-refractivity contribution in [1.29, 1.82) is 0 Å². The lowest BCUT2D eigenvalue weighted by molar-refractivity contribution is 0.703. The molecule has 0 aliphatic rings. The number of nitrogens with zero attached hydrogens (tertiary/aromatic N) is 1. The van der Waals surface area contributed by atoms with Gasteiger partial charge < -0.3 is 10.6 Å². The normalized spacial score (nSPS) is 12.2. The number of nitrogens with two attached hydrogens (primary N) is 1. The van der Waals surface area contributed by atoms with Gasteiger partial charge in [0.15, 0.2) is 0 Å². The largest absolute Gasteiger partial charge is 0.373 e. The van der Waals surface area contributed by atoms with Gasteiger partial charge in [0, 0.05) is 25.3 Å². The predicted octanol–water partition coefficient (Wildman–Crippen LogP) is 3.78. The summed E-state index contributed by atoms with van der Waals surface area (Å²) < 4.78 is 0. The Balaban J connectivity index is 1.99. The van der Waals surface area contributed by atoms with E-state index in [1.807, 2.05) is 6.07 Å². The summed E-state index contributed by atoms with van der Waals surface area (Å²) >= 11 is 0. The van der Waals surface area contributed by atoms with Crippen LogP contribution < -0.4 is 10.6 Å². The van der Waals surface area contributed by atoms with E-state index in [4.69, 9.17) is 5.73 Å². The zero-order valence-electron chi connectivity index (χ0n) is 12.4. The lowest BCUT2D eigenvalue weighted by Gasteiger charge is -2.23. The van der Waals surface area contributed by atoms with Gasteiger partial charge in [-0.1, -0.05) is 55.8 Å². The first-order valence-corrected chi connectivity index (χ1v) is 7.31. The van der Waals surface area contributed by atoms with Crippen molar-refractivity contribution in [3.05, 3.63) is 65.7 Å². The molecular formula is C18H24N2. The first-order chi connectivity index (χ1) is 9.70. The summed E-state index contributed by atoms with van der Waals surface area (Å²) in [4.78, 5) is 2.20. The van der Waals surface area contributed by atoms with Gasteiger partial charge in [-0.05, 0) is 29.7 Å². The standard InChI is InChI=1S/C18H24N2/c1-3-7-15-10-12-16(13-11-15)18(19)14-20(2)17-8-5-4-6-9-17/h4-6,8-13,18H,3,7,14,19H2,1-2H3. The maximum absolute atomic E-state index is 6.32. The molecule has 20 heavy (non-hydrogen) atoms. The van der Waals surface area contributed by atoms with Gasteiger partial charge in [-0.3, -0.25) is 0 Å². The van der Waals surface area contributed by atoms with Crippen LogP contribution in [0.5, 0.6) is 0 Å². The van der Waals surface area contributed by atoms with Crippen LogP contribution in [-0.2, 0) is 6.42 Å². The third-order valence-electron chi connectivity index (χ3n) is 3.61. The number of hydrogen-bond acceptors (Lipinski definition) is 2. The van der Waals surface area contributed by atoms with E-state index in [0.29, 0.717) is 0 Å². The molecule has 0 fully saturated rings. The average molecular weight is 268 g/mol. The molecule has 0 aliphatic carbocycles. The second kappa shape index (κ2) is 7.11. The Bertz CT molecular complexity index is 505. The van der Waals surface area contributed by atoms with E-state index in [1.54, 1.807) is 0 Å². The van der Waals surface area contributed by atoms with E-state index < -0.39 is 0 Å². The van der Waals surface area contributed by atoms with Crippen molar-refractivity contribution >= 4 is 5.69 Å². The van der Waals surface area contributed by atoms with Gasteiger partial charge >= 0.3 is 0 Å². The maximum Gasteiger partial charge on any atom is 0.0473 e. The number of aryl methyl sites for hydroxylation is 1. The average Bonchev–Trinajstić information content (AvgIpc) is 2.49. The topological polar surface area (TPSA) is 29.3 Å². The number of para-hydroxylation sites is 1. The number of anilines is 1. The highest BCUT2D eigenvalue weighted by Crippen LogP contribution is 2.17. The van der Waals surface area contributed by atoms with Crippen molar-refractivity contribution in [3.63, 3.8) is 0 Å². The molecule has 106 valence electrons. The number of hydrogen-bond donors (Lipinski definition) is 1. The van der Waals surface area contributed by atoms with Gasteiger partial charge in [-0.2, -0.15) is 0 Å². The van der Waals surface area contributed by atoms with Crippen LogP contribution in [0.3, 0.4) is 0 Å². The van der Waals surface area contributed by atoms with E-state index in [1.165, 1.54) is 23.2 Å². The molecule has 0 bridgehead atoms. The van der Waals surface area contributed by atoms with Crippen molar-refractivity contribution in [2.45, 2.75) is 25.8 Å². The molecule has 2 nitrogen and oxygen atoms in total. The highest BCUT2D eigenvalue weighted by Gasteiger charge is 2.09. The molecule has 0 amide bonds. The minimum atomic E-state index is 0.0379. The minimum Gasteiger partial charge on any atom is -0.373 e. The molecule has 2 rings (SSSR count). The molecule has 1 atom stereocenters. The van der Waals surface area contributed by atoms with Crippen LogP contribution in [0, 0.1) is 0 Å². The van der Waals surface area contributed by atoms with E-state index in [9.17, 15) is 0 Å². The molecular weight excluding hydrogens is 244 g/mol. The molecule has 2 N–H and O–H groups in total. The monoisotopic (exact) mass is 268 g/mol. The van der Waals surface area contributed by atoms with Gasteiger partial charge in [0.05, 0.1) is 0 Å². The summed E-state index contributed by atoms with van der Waals surface area (Å²) in [6.45, 7) is 3.02. The Morgan fingerprint density at radius 1 is 1.00 bits per heavy atom. The van der Waals surface area contributed by atoms with E-state index >= 15 is 0 Å². The fourth-order valence-corrected chi connectivity index (χ4v) is 2.41. The van der Waals surface area contributed by atoms with Crippen molar-refractivity contribution in [2.24, 2.45) is 5.73 Å². The van der Waals surface area contributed by atoms with Gasteiger partial charge in [-0.15, -0.1) is 0 Å². The quantitative estimate of drug-likeness (QED) is 0.864. The fourth-order valence-electron chi connectivity index (χ4n) is 2.41. The zero-order chi connectivity index (χ0) is 14.4. The van der Waals surface area contributed by atoms with Gasteiger partial charge in [0.1, 0.15) is 0 Å². The first kappa shape index (κ1) is 14.6. The molecule has 0 radical (unpaired) electrons. The summed E-state index contributed by atoms with van der Waals surface area (Å²) in [5.74, 6) is 0. The van der Waals surface area contributed by atoms with E-state index in [-0.39, 0.29) is 6.04 Å². The molecule has 0 spiro atoms. The maximum atomic E-state index is 6.32. The Hall–Kier alpha value is -1.80. The molecule has 0 heterocycles. The van der Waals surface area contributed by atoms with Crippen molar-refractivity contribution < 1.29 is 0 Å². The van der Waals surface area contributed by atoms with Crippen LogP contribution in [0.15, 0.2) is 54.6 Å². The van der Waals surface area contributed by atoms with E-state index in [2.05, 4.69) is 67.4 Å². The van der Waals surface area contributed by atoms with E-state index in [0.717, 1.165) is 13.0 Å². The molecule has 2 heteroatoms. The second-order valence-electron chi connectivity index (χ2n) is 5.31. The summed E-state index contributed by atoms with van der Waals surface area (Å²) in [5, 5.41) is 0. The summed E-state index contributed by atoms with van der Waals surface area (Å²) in [6, 6.07) is 19.1. The highest BCUT2D eigenvalue weighted by atomic mass is 15.1. The third-order valence-corrected chi connectivity index (χ3v) is 3.61.